The van der Waals surface area contributed by atoms with Crippen molar-refractivity contribution in [1.29, 1.82) is 0 Å². The van der Waals surface area contributed by atoms with Gasteiger partial charge in [-0.3, -0.25) is 14.3 Å². The van der Waals surface area contributed by atoms with E-state index in [9.17, 15) is 18.8 Å². The number of aromatic amines is 1. The summed E-state index contributed by atoms with van der Waals surface area (Å²) in [5, 5.41) is 0. The summed E-state index contributed by atoms with van der Waals surface area (Å²) in [6.45, 7) is 1.86. The largest absolute Gasteiger partial charge is 0.459 e. The summed E-state index contributed by atoms with van der Waals surface area (Å²) in [6.07, 6.45) is 0.203. The van der Waals surface area contributed by atoms with Crippen LogP contribution in [0.5, 0.6) is 0 Å². The van der Waals surface area contributed by atoms with E-state index in [-0.39, 0.29) is 12.5 Å². The topological polar surface area (TPSA) is 90.4 Å². The number of carbonyl (C=O) groups is 1. The minimum Gasteiger partial charge on any atom is -0.459 e. The van der Waals surface area contributed by atoms with E-state index < -0.39 is 35.4 Å². The van der Waals surface area contributed by atoms with Gasteiger partial charge in [0.15, 0.2) is 0 Å². The lowest BCUT2D eigenvalue weighted by Gasteiger charge is -2.18. The Morgan fingerprint density at radius 3 is 2.80 bits per heavy atom. The number of ether oxygens (including phenoxy) is 2. The Balaban J connectivity index is 1.66. The second-order valence-electron chi connectivity index (χ2n) is 5.97. The minimum absolute atomic E-state index is 0.0230. The highest BCUT2D eigenvalue weighted by atomic mass is 19.1. The molecule has 3 atom stereocenters. The zero-order valence-electron chi connectivity index (χ0n) is 13.5. The Kier molecular flexibility index (Phi) is 4.80. The molecule has 1 aromatic carbocycles. The van der Waals surface area contributed by atoms with Crippen molar-refractivity contribution in [2.75, 3.05) is 6.61 Å². The van der Waals surface area contributed by atoms with Crippen LogP contribution in [0.15, 0.2) is 46.1 Å². The Labute approximate surface area is 142 Å². The van der Waals surface area contributed by atoms with Gasteiger partial charge in [0.2, 0.25) is 5.82 Å². The van der Waals surface area contributed by atoms with Gasteiger partial charge in [-0.1, -0.05) is 25.1 Å². The van der Waals surface area contributed by atoms with E-state index >= 15 is 0 Å². The van der Waals surface area contributed by atoms with Gasteiger partial charge in [-0.05, 0) is 18.6 Å². The van der Waals surface area contributed by atoms with Crippen molar-refractivity contribution >= 4 is 5.97 Å². The molecular formula is C17H17FN2O5. The van der Waals surface area contributed by atoms with Crippen molar-refractivity contribution in [1.82, 2.24) is 9.55 Å². The first-order valence-corrected chi connectivity index (χ1v) is 7.84. The van der Waals surface area contributed by atoms with Crippen LogP contribution in [0.3, 0.4) is 0 Å². The van der Waals surface area contributed by atoms with Crippen LogP contribution in [-0.4, -0.2) is 28.2 Å². The summed E-state index contributed by atoms with van der Waals surface area (Å²) < 4.78 is 25.4. The highest BCUT2D eigenvalue weighted by Crippen LogP contribution is 2.33. The van der Waals surface area contributed by atoms with Crippen LogP contribution < -0.4 is 11.2 Å². The molecule has 7 nitrogen and oxygen atoms in total. The standard InChI is InChI=1S/C17H17FN2O5/c1-10-7-12(9-24-16(22)11-5-3-2-4-6-11)25-15(10)20-8-13(18)14(21)19-17(20)23/h2-6,8,10,12,15H,7,9H2,1H3,(H,19,21,23)/t10-,12-,15+/m1/s1. The maximum Gasteiger partial charge on any atom is 0.338 e. The van der Waals surface area contributed by atoms with E-state index in [2.05, 4.69) is 0 Å². The molecule has 1 aromatic heterocycles. The van der Waals surface area contributed by atoms with E-state index in [0.717, 1.165) is 10.8 Å². The van der Waals surface area contributed by atoms with Crippen LogP contribution in [0.2, 0.25) is 0 Å². The van der Waals surface area contributed by atoms with Gasteiger partial charge in [0, 0.05) is 5.92 Å². The number of halogens is 1. The lowest BCUT2D eigenvalue weighted by molar-refractivity contribution is -0.0414. The van der Waals surface area contributed by atoms with Gasteiger partial charge in [-0.15, -0.1) is 0 Å². The van der Waals surface area contributed by atoms with Crippen molar-refractivity contribution in [2.45, 2.75) is 25.7 Å². The number of hydrogen-bond donors (Lipinski definition) is 1. The van der Waals surface area contributed by atoms with Gasteiger partial charge in [0.05, 0.1) is 17.9 Å². The molecule has 25 heavy (non-hydrogen) atoms. The van der Waals surface area contributed by atoms with Crippen LogP contribution in [-0.2, 0) is 9.47 Å². The molecule has 132 valence electrons. The Bertz CT molecular complexity index is 877. The maximum absolute atomic E-state index is 13.5. The summed E-state index contributed by atoms with van der Waals surface area (Å²) in [7, 11) is 0. The van der Waals surface area contributed by atoms with Gasteiger partial charge < -0.3 is 9.47 Å². The van der Waals surface area contributed by atoms with E-state index in [1.54, 1.807) is 30.3 Å². The molecule has 0 radical (unpaired) electrons. The summed E-state index contributed by atoms with van der Waals surface area (Å²) in [4.78, 5) is 36.8. The molecule has 0 saturated carbocycles. The number of H-pyrrole nitrogens is 1. The highest BCUT2D eigenvalue weighted by Gasteiger charge is 2.35. The lowest BCUT2D eigenvalue weighted by atomic mass is 10.1. The molecule has 1 aliphatic heterocycles. The summed E-state index contributed by atoms with van der Waals surface area (Å²) in [6, 6.07) is 8.55. The average Bonchev–Trinajstić information content (AvgIpc) is 2.97. The van der Waals surface area contributed by atoms with Gasteiger partial charge in [-0.2, -0.15) is 4.39 Å². The third-order valence-corrected chi connectivity index (χ3v) is 4.06. The van der Waals surface area contributed by atoms with Gasteiger partial charge in [0.25, 0.3) is 5.56 Å². The molecule has 2 heterocycles. The average molecular weight is 348 g/mol. The van der Waals surface area contributed by atoms with Crippen LogP contribution in [0.4, 0.5) is 4.39 Å². The highest BCUT2D eigenvalue weighted by molar-refractivity contribution is 5.89. The van der Waals surface area contributed by atoms with Crippen molar-refractivity contribution in [2.24, 2.45) is 5.92 Å². The number of esters is 1. The predicted octanol–water partition coefficient (Wildman–Crippen LogP) is 1.46. The first-order valence-electron chi connectivity index (χ1n) is 7.84. The molecule has 1 fully saturated rings. The molecule has 1 aliphatic rings. The second kappa shape index (κ2) is 7.02. The quantitative estimate of drug-likeness (QED) is 0.845. The number of nitrogens with one attached hydrogen (secondary N) is 1. The van der Waals surface area contributed by atoms with Crippen molar-refractivity contribution in [3.63, 3.8) is 0 Å². The van der Waals surface area contributed by atoms with E-state index in [4.69, 9.17) is 9.47 Å². The van der Waals surface area contributed by atoms with Crippen molar-refractivity contribution < 1.29 is 18.7 Å². The smallest absolute Gasteiger partial charge is 0.338 e. The zero-order valence-corrected chi connectivity index (χ0v) is 13.5. The maximum atomic E-state index is 13.5. The molecular weight excluding hydrogens is 331 g/mol. The van der Waals surface area contributed by atoms with Crippen LogP contribution >= 0.6 is 0 Å². The minimum atomic E-state index is -1.07. The Morgan fingerprint density at radius 2 is 2.08 bits per heavy atom. The Hall–Kier alpha value is -2.74. The fourth-order valence-electron chi connectivity index (χ4n) is 2.84. The van der Waals surface area contributed by atoms with E-state index in [1.165, 1.54) is 0 Å². The number of hydrogen-bond acceptors (Lipinski definition) is 5. The van der Waals surface area contributed by atoms with E-state index in [1.807, 2.05) is 11.9 Å². The second-order valence-corrected chi connectivity index (χ2v) is 5.97. The van der Waals surface area contributed by atoms with E-state index in [0.29, 0.717) is 12.0 Å². The SMILES string of the molecule is C[C@@H]1C[C@H](COC(=O)c2ccccc2)O[C@@H]1n1cc(F)c(=O)[nH]c1=O. The predicted molar refractivity (Wildman–Crippen MR) is 85.7 cm³/mol. The number of benzene rings is 1. The first-order chi connectivity index (χ1) is 12.0. The number of aromatic nitrogens is 2. The van der Waals surface area contributed by atoms with Gasteiger partial charge in [-0.25, -0.2) is 9.59 Å². The summed E-state index contributed by atoms with van der Waals surface area (Å²) >= 11 is 0. The number of carbonyl (C=O) groups excluding carboxylic acids is 1. The van der Waals surface area contributed by atoms with Crippen molar-refractivity contribution in [3.05, 3.63) is 68.7 Å². The molecule has 0 spiro atoms. The summed E-state index contributed by atoms with van der Waals surface area (Å²) in [5.74, 6) is -1.65. The zero-order chi connectivity index (χ0) is 18.0. The van der Waals surface area contributed by atoms with Crippen molar-refractivity contribution in [3.8, 4) is 0 Å². The molecule has 3 rings (SSSR count). The van der Waals surface area contributed by atoms with Crippen LogP contribution in [0.1, 0.15) is 29.9 Å². The monoisotopic (exact) mass is 348 g/mol. The summed E-state index contributed by atoms with van der Waals surface area (Å²) in [5.41, 5.74) is -1.38. The van der Waals surface area contributed by atoms with Crippen LogP contribution in [0.25, 0.3) is 0 Å². The molecule has 1 N–H and O–H groups in total. The molecule has 0 aliphatic carbocycles. The molecule has 0 unspecified atom stereocenters. The fraction of sp³-hybridized carbons (Fsp3) is 0.353. The number of nitrogens with zero attached hydrogens (tertiary/aromatic N) is 1. The third kappa shape index (κ3) is 3.69. The van der Waals surface area contributed by atoms with Crippen LogP contribution in [0, 0.1) is 11.7 Å². The fourth-order valence-corrected chi connectivity index (χ4v) is 2.84. The molecule has 2 aromatic rings. The lowest BCUT2D eigenvalue weighted by Crippen LogP contribution is -2.35. The Morgan fingerprint density at radius 1 is 1.36 bits per heavy atom. The van der Waals surface area contributed by atoms with Gasteiger partial charge in [0.1, 0.15) is 12.8 Å². The molecule has 1 saturated heterocycles. The van der Waals surface area contributed by atoms with Gasteiger partial charge >= 0.3 is 11.7 Å². The molecule has 0 amide bonds. The normalized spacial score (nSPS) is 22.7. The first kappa shape index (κ1) is 17.1. The third-order valence-electron chi connectivity index (χ3n) is 4.06. The number of rotatable bonds is 4. The molecule has 0 bridgehead atoms. The molecule has 8 heteroatoms.